The van der Waals surface area contributed by atoms with Crippen LogP contribution in [0.5, 0.6) is 0 Å². The van der Waals surface area contributed by atoms with E-state index >= 15 is 0 Å². The van der Waals surface area contributed by atoms with Crippen LogP contribution in [0.4, 0.5) is 0 Å². The number of aromatic nitrogens is 1. The Morgan fingerprint density at radius 1 is 1.56 bits per heavy atom. The summed E-state index contributed by atoms with van der Waals surface area (Å²) in [7, 11) is -3.61. The molecule has 0 radical (unpaired) electrons. The summed E-state index contributed by atoms with van der Waals surface area (Å²) in [6.07, 6.45) is 1.51. The van der Waals surface area contributed by atoms with Crippen molar-refractivity contribution in [3.63, 3.8) is 0 Å². The molecule has 0 amide bonds. The standard InChI is InChI=1S/C10H13NO6S/c1-7(17-18(2,15)16)6-11-5-3-4-8(9(11)12)10(13)14/h3-5,7H,6H2,1-2H3,(H,13,14)/t7-/m1/s1. The van der Waals surface area contributed by atoms with Crippen molar-refractivity contribution in [3.8, 4) is 0 Å². The predicted molar refractivity (Wildman–Crippen MR) is 63.1 cm³/mol. The Hall–Kier alpha value is -1.67. The summed E-state index contributed by atoms with van der Waals surface area (Å²) in [5, 5.41) is 8.77. The highest BCUT2D eigenvalue weighted by molar-refractivity contribution is 7.86. The minimum absolute atomic E-state index is 0.0486. The lowest BCUT2D eigenvalue weighted by Gasteiger charge is -2.13. The van der Waals surface area contributed by atoms with E-state index in [1.807, 2.05) is 0 Å². The Morgan fingerprint density at radius 2 is 2.17 bits per heavy atom. The average Bonchev–Trinajstić information content (AvgIpc) is 2.17. The van der Waals surface area contributed by atoms with E-state index in [1.165, 1.54) is 25.3 Å². The summed E-state index contributed by atoms with van der Waals surface area (Å²) in [5.74, 6) is -1.33. The van der Waals surface area contributed by atoms with Crippen LogP contribution in [0.25, 0.3) is 0 Å². The molecule has 0 bridgehead atoms. The van der Waals surface area contributed by atoms with Crippen molar-refractivity contribution in [2.24, 2.45) is 0 Å². The third-order valence-corrected chi connectivity index (χ3v) is 2.72. The van der Waals surface area contributed by atoms with Crippen molar-refractivity contribution < 1.29 is 22.5 Å². The second kappa shape index (κ2) is 5.32. The van der Waals surface area contributed by atoms with Gasteiger partial charge in [0.2, 0.25) is 0 Å². The van der Waals surface area contributed by atoms with Gasteiger partial charge in [-0.1, -0.05) is 0 Å². The minimum atomic E-state index is -3.61. The van der Waals surface area contributed by atoms with Crippen LogP contribution in [-0.2, 0) is 20.8 Å². The van der Waals surface area contributed by atoms with E-state index in [-0.39, 0.29) is 12.1 Å². The fourth-order valence-corrected chi connectivity index (χ4v) is 2.11. The van der Waals surface area contributed by atoms with Crippen LogP contribution in [0.2, 0.25) is 0 Å². The summed E-state index contributed by atoms with van der Waals surface area (Å²) >= 11 is 0. The molecule has 0 aliphatic rings. The number of carboxylic acid groups (broad SMARTS) is 1. The van der Waals surface area contributed by atoms with Crippen LogP contribution >= 0.6 is 0 Å². The molecule has 18 heavy (non-hydrogen) atoms. The number of carboxylic acids is 1. The van der Waals surface area contributed by atoms with Gasteiger partial charge in [0.1, 0.15) is 5.56 Å². The van der Waals surface area contributed by atoms with Crippen molar-refractivity contribution in [2.45, 2.75) is 19.6 Å². The molecule has 0 unspecified atom stereocenters. The summed E-state index contributed by atoms with van der Waals surface area (Å²) in [6, 6.07) is 2.58. The Balaban J connectivity index is 2.96. The zero-order valence-electron chi connectivity index (χ0n) is 9.86. The predicted octanol–water partition coefficient (Wildman–Crippen LogP) is -0.0888. The molecule has 1 aromatic heterocycles. The normalized spacial score (nSPS) is 13.2. The molecule has 0 aromatic carbocycles. The minimum Gasteiger partial charge on any atom is -0.477 e. The van der Waals surface area contributed by atoms with Gasteiger partial charge < -0.3 is 9.67 Å². The number of hydrogen-bond donors (Lipinski definition) is 1. The van der Waals surface area contributed by atoms with Gasteiger partial charge in [-0.05, 0) is 19.1 Å². The molecule has 7 nitrogen and oxygen atoms in total. The molecule has 0 spiro atoms. The first kappa shape index (κ1) is 14.4. The first-order valence-corrected chi connectivity index (χ1v) is 6.83. The van der Waals surface area contributed by atoms with Crippen LogP contribution in [0, 0.1) is 0 Å². The maximum atomic E-state index is 11.7. The number of aromatic carboxylic acids is 1. The van der Waals surface area contributed by atoms with Crippen molar-refractivity contribution in [2.75, 3.05) is 6.26 Å². The van der Waals surface area contributed by atoms with E-state index in [2.05, 4.69) is 4.18 Å². The van der Waals surface area contributed by atoms with Gasteiger partial charge in [-0.15, -0.1) is 0 Å². The van der Waals surface area contributed by atoms with Gasteiger partial charge in [0, 0.05) is 6.20 Å². The molecule has 0 aliphatic carbocycles. The number of hydrogen-bond acceptors (Lipinski definition) is 5. The van der Waals surface area contributed by atoms with Gasteiger partial charge >= 0.3 is 5.97 Å². The van der Waals surface area contributed by atoms with Crippen LogP contribution in [0.15, 0.2) is 23.1 Å². The van der Waals surface area contributed by atoms with Crippen molar-refractivity contribution >= 4 is 16.1 Å². The maximum absolute atomic E-state index is 11.7. The third kappa shape index (κ3) is 3.97. The monoisotopic (exact) mass is 275 g/mol. The smallest absolute Gasteiger partial charge is 0.341 e. The summed E-state index contributed by atoms with van der Waals surface area (Å²) in [4.78, 5) is 22.4. The molecule has 1 atom stereocenters. The maximum Gasteiger partial charge on any atom is 0.341 e. The lowest BCUT2D eigenvalue weighted by Crippen LogP contribution is -2.30. The molecular formula is C10H13NO6S. The summed E-state index contributed by atoms with van der Waals surface area (Å²) < 4.78 is 27.5. The lowest BCUT2D eigenvalue weighted by molar-refractivity contribution is 0.0693. The highest BCUT2D eigenvalue weighted by atomic mass is 32.2. The summed E-state index contributed by atoms with van der Waals surface area (Å²) in [5.41, 5.74) is -1.07. The van der Waals surface area contributed by atoms with Crippen molar-refractivity contribution in [1.29, 1.82) is 0 Å². The highest BCUT2D eigenvalue weighted by Gasteiger charge is 2.14. The first-order chi connectivity index (χ1) is 8.20. The van der Waals surface area contributed by atoms with Gasteiger partial charge in [0.05, 0.1) is 18.9 Å². The van der Waals surface area contributed by atoms with E-state index in [0.29, 0.717) is 0 Å². The van der Waals surface area contributed by atoms with Crippen LogP contribution in [-0.4, -0.2) is 36.4 Å². The first-order valence-electron chi connectivity index (χ1n) is 5.01. The Bertz CT molecular complexity index is 603. The van der Waals surface area contributed by atoms with E-state index in [1.54, 1.807) is 0 Å². The Labute approximate surface area is 104 Å². The van der Waals surface area contributed by atoms with Crippen LogP contribution in [0.3, 0.4) is 0 Å². The topological polar surface area (TPSA) is 103 Å². The SMILES string of the molecule is C[C@H](Cn1cccc(C(=O)O)c1=O)OS(C)(=O)=O. The molecule has 100 valence electrons. The number of pyridine rings is 1. The molecule has 1 aromatic rings. The zero-order chi connectivity index (χ0) is 13.9. The van der Waals surface area contributed by atoms with Gasteiger partial charge in [0.15, 0.2) is 0 Å². The van der Waals surface area contributed by atoms with Crippen LogP contribution < -0.4 is 5.56 Å². The largest absolute Gasteiger partial charge is 0.477 e. The highest BCUT2D eigenvalue weighted by Crippen LogP contribution is 2.00. The molecule has 1 N–H and O–H groups in total. The molecular weight excluding hydrogens is 262 g/mol. The number of nitrogens with zero attached hydrogens (tertiary/aromatic N) is 1. The lowest BCUT2D eigenvalue weighted by atomic mass is 10.2. The molecule has 1 rings (SSSR count). The van der Waals surface area contributed by atoms with Gasteiger partial charge in [0.25, 0.3) is 15.7 Å². The molecule has 0 saturated carbocycles. The quantitative estimate of drug-likeness (QED) is 0.753. The Kier molecular flexibility index (Phi) is 4.25. The molecule has 0 fully saturated rings. The van der Waals surface area contributed by atoms with E-state index < -0.39 is 27.8 Å². The molecule has 1 heterocycles. The molecule has 8 heteroatoms. The van der Waals surface area contributed by atoms with Gasteiger partial charge in [-0.25, -0.2) is 4.79 Å². The van der Waals surface area contributed by atoms with E-state index in [9.17, 15) is 18.0 Å². The Morgan fingerprint density at radius 3 is 2.67 bits per heavy atom. The fraction of sp³-hybridized carbons (Fsp3) is 0.400. The molecule has 0 aliphatic heterocycles. The average molecular weight is 275 g/mol. The van der Waals surface area contributed by atoms with Crippen LogP contribution in [0.1, 0.15) is 17.3 Å². The second-order valence-electron chi connectivity index (χ2n) is 3.80. The second-order valence-corrected chi connectivity index (χ2v) is 5.40. The zero-order valence-corrected chi connectivity index (χ0v) is 10.7. The summed E-state index contributed by atoms with van der Waals surface area (Å²) in [6.45, 7) is 1.42. The number of rotatable bonds is 5. The van der Waals surface area contributed by atoms with Crippen molar-refractivity contribution in [3.05, 3.63) is 34.2 Å². The molecule has 0 saturated heterocycles. The van der Waals surface area contributed by atoms with Crippen molar-refractivity contribution in [1.82, 2.24) is 4.57 Å². The van der Waals surface area contributed by atoms with Gasteiger partial charge in [-0.3, -0.25) is 8.98 Å². The van der Waals surface area contributed by atoms with E-state index in [4.69, 9.17) is 5.11 Å². The fourth-order valence-electron chi connectivity index (χ4n) is 1.45. The third-order valence-electron chi connectivity index (χ3n) is 2.04. The van der Waals surface area contributed by atoms with Gasteiger partial charge in [-0.2, -0.15) is 8.42 Å². The van der Waals surface area contributed by atoms with E-state index in [0.717, 1.165) is 10.8 Å². The number of carbonyl (C=O) groups is 1.